The predicted molar refractivity (Wildman–Crippen MR) is 56.8 cm³/mol. The Morgan fingerprint density at radius 1 is 1.27 bits per heavy atom. The molecule has 0 bridgehead atoms. The first kappa shape index (κ1) is 9.70. The zero-order chi connectivity index (χ0) is 8.43. The zero-order valence-electron chi connectivity index (χ0n) is 5.01. The van der Waals surface area contributed by atoms with Crippen LogP contribution in [-0.4, -0.2) is 11.4 Å². The second-order valence-electron chi connectivity index (χ2n) is 1.61. The minimum Gasteiger partial charge on any atom is -0.411 e. The molecule has 11 heavy (non-hydrogen) atoms. The molecule has 0 unspecified atom stereocenters. The maximum Gasteiger partial charge on any atom is 0.0859 e. The Balaban J connectivity index is 3.18. The van der Waals surface area contributed by atoms with Crippen LogP contribution in [0, 0.1) is 0 Å². The van der Waals surface area contributed by atoms with Crippen LogP contribution in [0.5, 0.6) is 0 Å². The van der Waals surface area contributed by atoms with Crippen molar-refractivity contribution < 1.29 is 5.21 Å². The number of hydrogen-bond donors (Lipinski definition) is 1. The van der Waals surface area contributed by atoms with Gasteiger partial charge in [-0.1, -0.05) is 5.16 Å². The Kier molecular flexibility index (Phi) is 3.54. The summed E-state index contributed by atoms with van der Waals surface area (Å²) in [6.07, 6.45) is 1.38. The summed E-state index contributed by atoms with van der Waals surface area (Å²) in [5.41, 5.74) is 0. The minimum absolute atomic E-state index is 0.867. The van der Waals surface area contributed by atoms with E-state index in [-0.39, 0.29) is 0 Å². The standard InChI is InChI=1S/C5H2Br3NOS/c6-3-2(1-9-10)11-5(8)4(3)7/h1,10H/b9-1+. The third-order valence-electron chi connectivity index (χ3n) is 0.956. The first-order valence-electron chi connectivity index (χ1n) is 2.47. The third-order valence-corrected chi connectivity index (χ3v) is 5.96. The molecule has 0 aliphatic carbocycles. The zero-order valence-corrected chi connectivity index (χ0v) is 10.6. The molecule has 1 aromatic heterocycles. The molecule has 1 rings (SSSR count). The first-order valence-corrected chi connectivity index (χ1v) is 5.67. The van der Waals surface area contributed by atoms with Crippen molar-refractivity contribution in [3.05, 3.63) is 17.6 Å². The fourth-order valence-corrected chi connectivity index (χ4v) is 3.44. The molecule has 2 nitrogen and oxygen atoms in total. The van der Waals surface area contributed by atoms with Gasteiger partial charge in [-0.3, -0.25) is 0 Å². The van der Waals surface area contributed by atoms with Crippen LogP contribution in [-0.2, 0) is 0 Å². The highest BCUT2D eigenvalue weighted by molar-refractivity contribution is 9.14. The molecule has 60 valence electrons. The summed E-state index contributed by atoms with van der Waals surface area (Å²) in [4.78, 5) is 0.867. The van der Waals surface area contributed by atoms with Crippen LogP contribution in [0.2, 0.25) is 0 Å². The number of thiophene rings is 1. The van der Waals surface area contributed by atoms with Crippen LogP contribution in [0.3, 0.4) is 0 Å². The third kappa shape index (κ3) is 2.05. The Morgan fingerprint density at radius 2 is 1.91 bits per heavy atom. The van der Waals surface area contributed by atoms with Gasteiger partial charge in [-0.05, 0) is 47.8 Å². The lowest BCUT2D eigenvalue weighted by Gasteiger charge is -1.84. The number of halogens is 3. The normalized spacial score (nSPS) is 11.2. The highest BCUT2D eigenvalue weighted by atomic mass is 79.9. The Labute approximate surface area is 92.7 Å². The highest BCUT2D eigenvalue weighted by Gasteiger charge is 2.10. The van der Waals surface area contributed by atoms with Gasteiger partial charge in [0.2, 0.25) is 0 Å². The number of hydrogen-bond acceptors (Lipinski definition) is 3. The van der Waals surface area contributed by atoms with Crippen LogP contribution < -0.4 is 0 Å². The number of nitrogens with zero attached hydrogens (tertiary/aromatic N) is 1. The van der Waals surface area contributed by atoms with E-state index >= 15 is 0 Å². The van der Waals surface area contributed by atoms with Gasteiger partial charge in [-0.2, -0.15) is 0 Å². The molecule has 6 heteroatoms. The van der Waals surface area contributed by atoms with Gasteiger partial charge in [-0.25, -0.2) is 0 Å². The molecule has 0 radical (unpaired) electrons. The molecular formula is C5H2Br3NOS. The van der Waals surface area contributed by atoms with Crippen molar-refractivity contribution in [3.63, 3.8) is 0 Å². The lowest BCUT2D eigenvalue weighted by molar-refractivity contribution is 0.322. The predicted octanol–water partition coefficient (Wildman–Crippen LogP) is 3.84. The van der Waals surface area contributed by atoms with E-state index in [2.05, 4.69) is 52.9 Å². The molecule has 0 aliphatic heterocycles. The second kappa shape index (κ2) is 4.02. The second-order valence-corrected chi connectivity index (χ2v) is 5.57. The molecule has 0 amide bonds. The van der Waals surface area contributed by atoms with Crippen molar-refractivity contribution in [3.8, 4) is 0 Å². The average molecular weight is 364 g/mol. The summed E-state index contributed by atoms with van der Waals surface area (Å²) >= 11 is 11.5. The van der Waals surface area contributed by atoms with E-state index in [0.717, 1.165) is 17.6 Å². The van der Waals surface area contributed by atoms with E-state index in [1.165, 1.54) is 17.6 Å². The van der Waals surface area contributed by atoms with Gasteiger partial charge in [0, 0.05) is 0 Å². The van der Waals surface area contributed by atoms with Crippen molar-refractivity contribution in [2.24, 2.45) is 5.16 Å². The van der Waals surface area contributed by atoms with E-state index < -0.39 is 0 Å². The number of oxime groups is 1. The van der Waals surface area contributed by atoms with E-state index in [1.54, 1.807) is 0 Å². The summed E-state index contributed by atoms with van der Waals surface area (Å²) in [5, 5.41) is 11.2. The van der Waals surface area contributed by atoms with E-state index in [9.17, 15) is 0 Å². The van der Waals surface area contributed by atoms with Gasteiger partial charge in [0.25, 0.3) is 0 Å². The van der Waals surface area contributed by atoms with Crippen LogP contribution in [0.15, 0.2) is 17.9 Å². The van der Waals surface area contributed by atoms with Crippen LogP contribution in [0.25, 0.3) is 0 Å². The maximum atomic E-state index is 8.27. The number of rotatable bonds is 1. The van der Waals surface area contributed by atoms with Gasteiger partial charge < -0.3 is 5.21 Å². The molecule has 0 fully saturated rings. The Morgan fingerprint density at radius 3 is 2.27 bits per heavy atom. The summed E-state index contributed by atoms with van der Waals surface area (Å²) in [7, 11) is 0. The molecule has 0 aromatic carbocycles. The monoisotopic (exact) mass is 361 g/mol. The molecule has 0 atom stereocenters. The smallest absolute Gasteiger partial charge is 0.0859 e. The SMILES string of the molecule is O/N=C/c1sc(Br)c(Br)c1Br. The maximum absolute atomic E-state index is 8.27. The van der Waals surface area contributed by atoms with Gasteiger partial charge in [0.1, 0.15) is 0 Å². The highest BCUT2D eigenvalue weighted by Crippen LogP contribution is 2.39. The first-order chi connectivity index (χ1) is 5.16. The van der Waals surface area contributed by atoms with Gasteiger partial charge in [-0.15, -0.1) is 11.3 Å². The van der Waals surface area contributed by atoms with Crippen LogP contribution in [0.1, 0.15) is 4.88 Å². The van der Waals surface area contributed by atoms with Crippen molar-refractivity contribution in [2.45, 2.75) is 0 Å². The van der Waals surface area contributed by atoms with Crippen molar-refractivity contribution in [1.82, 2.24) is 0 Å². The van der Waals surface area contributed by atoms with Gasteiger partial charge in [0.15, 0.2) is 0 Å². The minimum atomic E-state index is 0.867. The molecule has 1 heterocycles. The molecule has 1 aromatic rings. The van der Waals surface area contributed by atoms with Crippen LogP contribution in [0.4, 0.5) is 0 Å². The Bertz CT molecular complexity index is 296. The lowest BCUT2D eigenvalue weighted by atomic mass is 10.5. The van der Waals surface area contributed by atoms with Gasteiger partial charge >= 0.3 is 0 Å². The Hall–Kier alpha value is 0.610. The largest absolute Gasteiger partial charge is 0.411 e. The summed E-state index contributed by atoms with van der Waals surface area (Å²) < 4.78 is 2.81. The van der Waals surface area contributed by atoms with E-state index in [1.807, 2.05) is 0 Å². The van der Waals surface area contributed by atoms with Crippen LogP contribution >= 0.6 is 59.1 Å². The molecule has 0 saturated carbocycles. The average Bonchev–Trinajstić information content (AvgIpc) is 2.19. The molecular weight excluding hydrogens is 362 g/mol. The summed E-state index contributed by atoms with van der Waals surface area (Å²) in [5.74, 6) is 0. The van der Waals surface area contributed by atoms with Crippen molar-refractivity contribution >= 4 is 65.3 Å². The topological polar surface area (TPSA) is 32.6 Å². The van der Waals surface area contributed by atoms with Crippen molar-refractivity contribution in [2.75, 3.05) is 0 Å². The van der Waals surface area contributed by atoms with E-state index in [4.69, 9.17) is 5.21 Å². The fourth-order valence-electron chi connectivity index (χ4n) is 0.516. The lowest BCUT2D eigenvalue weighted by Crippen LogP contribution is -1.72. The fraction of sp³-hybridized carbons (Fsp3) is 0. The molecule has 0 aliphatic rings. The molecule has 0 spiro atoms. The quantitative estimate of drug-likeness (QED) is 0.459. The summed E-state index contributed by atoms with van der Waals surface area (Å²) in [6, 6.07) is 0. The molecule has 1 N–H and O–H groups in total. The van der Waals surface area contributed by atoms with E-state index in [0.29, 0.717) is 0 Å². The van der Waals surface area contributed by atoms with Gasteiger partial charge in [0.05, 0.1) is 23.8 Å². The molecule has 0 saturated heterocycles. The summed E-state index contributed by atoms with van der Waals surface area (Å²) in [6.45, 7) is 0. The van der Waals surface area contributed by atoms with Crippen molar-refractivity contribution in [1.29, 1.82) is 0 Å².